The SMILES string of the molecule is CCC(=O)N1CCCC[C@H]1C(=O)OCC(=O)N1CCc2ccc([N+](=O)[O-])cc21. The average Bonchev–Trinajstić information content (AvgIpc) is 3.14. The highest BCUT2D eigenvalue weighted by atomic mass is 16.6. The van der Waals surface area contributed by atoms with E-state index in [4.69, 9.17) is 4.74 Å². The largest absolute Gasteiger partial charge is 0.454 e. The van der Waals surface area contributed by atoms with Crippen LogP contribution in [0.3, 0.4) is 0 Å². The number of carbonyl (C=O) groups excluding carboxylic acids is 3. The molecule has 9 heteroatoms. The van der Waals surface area contributed by atoms with Gasteiger partial charge >= 0.3 is 5.97 Å². The monoisotopic (exact) mass is 389 g/mol. The number of esters is 1. The van der Waals surface area contributed by atoms with Crippen LogP contribution in [0.2, 0.25) is 0 Å². The maximum absolute atomic E-state index is 12.5. The Hall–Kier alpha value is -2.97. The first-order valence-electron chi connectivity index (χ1n) is 9.46. The molecule has 2 aliphatic heterocycles. The highest BCUT2D eigenvalue weighted by Crippen LogP contribution is 2.31. The zero-order valence-corrected chi connectivity index (χ0v) is 15.8. The maximum Gasteiger partial charge on any atom is 0.329 e. The van der Waals surface area contributed by atoms with E-state index in [-0.39, 0.29) is 11.6 Å². The van der Waals surface area contributed by atoms with Crippen molar-refractivity contribution in [2.45, 2.75) is 45.1 Å². The molecule has 0 N–H and O–H groups in total. The molecular weight excluding hydrogens is 366 g/mol. The summed E-state index contributed by atoms with van der Waals surface area (Å²) in [6, 6.07) is 3.77. The molecule has 0 unspecified atom stereocenters. The third-order valence-electron chi connectivity index (χ3n) is 5.21. The minimum absolute atomic E-state index is 0.0913. The minimum atomic E-state index is -0.652. The van der Waals surface area contributed by atoms with Gasteiger partial charge in [-0.3, -0.25) is 19.7 Å². The number of hydrogen-bond donors (Lipinski definition) is 0. The number of piperidine rings is 1. The lowest BCUT2D eigenvalue weighted by Gasteiger charge is -2.34. The summed E-state index contributed by atoms with van der Waals surface area (Å²) in [6.07, 6.45) is 3.10. The van der Waals surface area contributed by atoms with Crippen molar-refractivity contribution in [2.24, 2.45) is 0 Å². The highest BCUT2D eigenvalue weighted by molar-refractivity contribution is 5.97. The van der Waals surface area contributed by atoms with Crippen LogP contribution < -0.4 is 4.90 Å². The number of nitro groups is 1. The fourth-order valence-corrected chi connectivity index (χ4v) is 3.73. The number of likely N-dealkylation sites (tertiary alicyclic amines) is 1. The number of anilines is 1. The number of nitro benzene ring substituents is 1. The van der Waals surface area contributed by atoms with E-state index >= 15 is 0 Å². The van der Waals surface area contributed by atoms with Gasteiger partial charge in [-0.2, -0.15) is 0 Å². The summed E-state index contributed by atoms with van der Waals surface area (Å²) in [5.41, 5.74) is 1.24. The van der Waals surface area contributed by atoms with Crippen molar-refractivity contribution in [1.82, 2.24) is 4.90 Å². The number of non-ortho nitro benzene ring substituents is 1. The first-order valence-corrected chi connectivity index (χ1v) is 9.46. The molecule has 0 spiro atoms. The second-order valence-corrected chi connectivity index (χ2v) is 6.93. The average molecular weight is 389 g/mol. The molecule has 2 amide bonds. The van der Waals surface area contributed by atoms with Crippen molar-refractivity contribution in [3.8, 4) is 0 Å². The topological polar surface area (TPSA) is 110 Å². The van der Waals surface area contributed by atoms with E-state index in [1.165, 1.54) is 21.9 Å². The first kappa shape index (κ1) is 19.8. The summed E-state index contributed by atoms with van der Waals surface area (Å²) in [6.45, 7) is 2.19. The van der Waals surface area contributed by atoms with Crippen LogP contribution in [0.4, 0.5) is 11.4 Å². The number of benzene rings is 1. The highest BCUT2D eigenvalue weighted by Gasteiger charge is 2.34. The van der Waals surface area contributed by atoms with Gasteiger partial charge in [0.2, 0.25) is 5.91 Å². The molecule has 1 aromatic rings. The van der Waals surface area contributed by atoms with E-state index < -0.39 is 29.4 Å². The molecule has 0 saturated carbocycles. The van der Waals surface area contributed by atoms with Gasteiger partial charge in [-0.15, -0.1) is 0 Å². The lowest BCUT2D eigenvalue weighted by atomic mass is 10.0. The van der Waals surface area contributed by atoms with Crippen LogP contribution in [0, 0.1) is 10.1 Å². The van der Waals surface area contributed by atoms with Crippen molar-refractivity contribution >= 4 is 29.2 Å². The molecular formula is C19H23N3O6. The molecule has 0 radical (unpaired) electrons. The maximum atomic E-state index is 12.5. The molecule has 0 aromatic heterocycles. The normalized spacial score (nSPS) is 18.5. The van der Waals surface area contributed by atoms with Gasteiger partial charge in [-0.1, -0.05) is 13.0 Å². The molecule has 150 valence electrons. The predicted octanol–water partition coefficient (Wildman–Crippen LogP) is 1.82. The number of amides is 2. The Morgan fingerprint density at radius 2 is 2.00 bits per heavy atom. The Kier molecular flexibility index (Phi) is 5.91. The first-order chi connectivity index (χ1) is 13.4. The minimum Gasteiger partial charge on any atom is -0.454 e. The summed E-state index contributed by atoms with van der Waals surface area (Å²) in [5.74, 6) is -1.11. The van der Waals surface area contributed by atoms with Crippen LogP contribution in [0.5, 0.6) is 0 Å². The van der Waals surface area contributed by atoms with E-state index in [2.05, 4.69) is 0 Å². The molecule has 1 saturated heterocycles. The number of rotatable bonds is 5. The number of nitrogens with zero attached hydrogens (tertiary/aromatic N) is 3. The van der Waals surface area contributed by atoms with Gasteiger partial charge in [-0.05, 0) is 31.2 Å². The van der Waals surface area contributed by atoms with E-state index in [1.807, 2.05) is 0 Å². The summed E-state index contributed by atoms with van der Waals surface area (Å²) >= 11 is 0. The molecule has 2 aliphatic rings. The zero-order chi connectivity index (χ0) is 20.3. The molecule has 28 heavy (non-hydrogen) atoms. The Bertz CT molecular complexity index is 809. The van der Waals surface area contributed by atoms with Gasteiger partial charge in [0.25, 0.3) is 11.6 Å². The van der Waals surface area contributed by atoms with Crippen LogP contribution in [-0.4, -0.2) is 53.3 Å². The smallest absolute Gasteiger partial charge is 0.329 e. The molecule has 2 heterocycles. The van der Waals surface area contributed by atoms with E-state index in [1.54, 1.807) is 13.0 Å². The van der Waals surface area contributed by atoms with Crippen LogP contribution in [0.25, 0.3) is 0 Å². The van der Waals surface area contributed by atoms with E-state index in [0.717, 1.165) is 18.4 Å². The summed E-state index contributed by atoms with van der Waals surface area (Å²) in [7, 11) is 0. The quantitative estimate of drug-likeness (QED) is 0.432. The zero-order valence-electron chi connectivity index (χ0n) is 15.8. The van der Waals surface area contributed by atoms with Crippen molar-refractivity contribution in [2.75, 3.05) is 24.6 Å². The Labute approximate surface area is 162 Å². The number of fused-ring (bicyclic) bond motifs is 1. The summed E-state index contributed by atoms with van der Waals surface area (Å²) < 4.78 is 5.22. The summed E-state index contributed by atoms with van der Waals surface area (Å²) in [5, 5.41) is 11.0. The van der Waals surface area contributed by atoms with Crippen LogP contribution in [0.15, 0.2) is 18.2 Å². The van der Waals surface area contributed by atoms with Crippen LogP contribution in [0.1, 0.15) is 38.2 Å². The van der Waals surface area contributed by atoms with Crippen LogP contribution >= 0.6 is 0 Å². The third kappa shape index (κ3) is 3.97. The molecule has 1 fully saturated rings. The standard InChI is InChI=1S/C19H23N3O6/c1-2-17(23)20-9-4-3-5-15(20)19(25)28-12-18(24)21-10-8-13-6-7-14(22(26)27)11-16(13)21/h6-7,11,15H,2-5,8-10,12H2,1H3/t15-/m0/s1. The number of hydrogen-bond acceptors (Lipinski definition) is 6. The fourth-order valence-electron chi connectivity index (χ4n) is 3.73. The van der Waals surface area contributed by atoms with Crippen molar-refractivity contribution < 1.29 is 24.0 Å². The van der Waals surface area contributed by atoms with Crippen molar-refractivity contribution in [3.63, 3.8) is 0 Å². The van der Waals surface area contributed by atoms with Gasteiger partial charge in [0, 0.05) is 31.6 Å². The molecule has 0 bridgehead atoms. The lowest BCUT2D eigenvalue weighted by Crippen LogP contribution is -2.49. The number of ether oxygens (including phenoxy) is 1. The molecule has 3 rings (SSSR count). The molecule has 0 aliphatic carbocycles. The number of carbonyl (C=O) groups is 3. The second kappa shape index (κ2) is 8.37. The van der Waals surface area contributed by atoms with Crippen LogP contribution in [-0.2, 0) is 25.5 Å². The predicted molar refractivity (Wildman–Crippen MR) is 99.8 cm³/mol. The van der Waals surface area contributed by atoms with Gasteiger partial charge in [-0.25, -0.2) is 4.79 Å². The molecule has 1 atom stereocenters. The fraction of sp³-hybridized carbons (Fsp3) is 0.526. The molecule has 1 aromatic carbocycles. The Balaban J connectivity index is 1.63. The third-order valence-corrected chi connectivity index (χ3v) is 5.21. The van der Waals surface area contributed by atoms with Crippen molar-refractivity contribution in [1.29, 1.82) is 0 Å². The van der Waals surface area contributed by atoms with Gasteiger partial charge in [0.1, 0.15) is 6.04 Å². The lowest BCUT2D eigenvalue weighted by molar-refractivity contribution is -0.384. The second-order valence-electron chi connectivity index (χ2n) is 6.93. The van der Waals surface area contributed by atoms with Gasteiger partial charge < -0.3 is 14.5 Å². The van der Waals surface area contributed by atoms with E-state index in [9.17, 15) is 24.5 Å². The van der Waals surface area contributed by atoms with E-state index in [0.29, 0.717) is 38.0 Å². The Morgan fingerprint density at radius 1 is 1.21 bits per heavy atom. The summed E-state index contributed by atoms with van der Waals surface area (Å²) in [4.78, 5) is 50.5. The Morgan fingerprint density at radius 3 is 2.71 bits per heavy atom. The van der Waals surface area contributed by atoms with Crippen molar-refractivity contribution in [3.05, 3.63) is 33.9 Å². The van der Waals surface area contributed by atoms with Gasteiger partial charge in [0.05, 0.1) is 10.6 Å². The molecule has 9 nitrogen and oxygen atoms in total. The van der Waals surface area contributed by atoms with Gasteiger partial charge in [0.15, 0.2) is 6.61 Å².